The van der Waals surface area contributed by atoms with Crippen molar-refractivity contribution in [3.63, 3.8) is 0 Å². The normalized spacial score (nSPS) is 39.5. The Balaban J connectivity index is 1.98. The molecule has 4 unspecified atom stereocenters. The molecule has 0 heterocycles. The molecule has 0 saturated heterocycles. The third-order valence-electron chi connectivity index (χ3n) is 5.21. The molecule has 2 heteroatoms. The first-order valence-electron chi connectivity index (χ1n) is 7.63. The Morgan fingerprint density at radius 3 is 2.12 bits per heavy atom. The fraction of sp³-hybridized carbons (Fsp3) is 1.00. The van der Waals surface area contributed by atoms with Crippen molar-refractivity contribution in [3.05, 3.63) is 0 Å². The molecule has 1 N–H and O–H groups in total. The number of nitrogens with one attached hydrogen (secondary N) is 1. The van der Waals surface area contributed by atoms with Crippen LogP contribution in [0.15, 0.2) is 0 Å². The van der Waals surface area contributed by atoms with Crippen molar-refractivity contribution in [1.29, 1.82) is 0 Å². The Morgan fingerprint density at radius 1 is 0.882 bits per heavy atom. The zero-order chi connectivity index (χ0) is 12.3. The van der Waals surface area contributed by atoms with Crippen molar-refractivity contribution >= 4 is 0 Å². The van der Waals surface area contributed by atoms with E-state index in [2.05, 4.69) is 31.2 Å². The lowest BCUT2D eigenvalue weighted by molar-refractivity contribution is 0.0602. The van der Waals surface area contributed by atoms with Crippen molar-refractivity contribution < 1.29 is 0 Å². The van der Waals surface area contributed by atoms with Crippen molar-refractivity contribution in [2.45, 2.75) is 76.4 Å². The molecule has 2 rings (SSSR count). The summed E-state index contributed by atoms with van der Waals surface area (Å²) < 4.78 is 0. The summed E-state index contributed by atoms with van der Waals surface area (Å²) in [5.41, 5.74) is 0. The smallest absolute Gasteiger partial charge is 0.0249 e. The molecule has 0 aromatic carbocycles. The van der Waals surface area contributed by atoms with Crippen LogP contribution in [0.25, 0.3) is 0 Å². The summed E-state index contributed by atoms with van der Waals surface area (Å²) >= 11 is 0. The summed E-state index contributed by atoms with van der Waals surface area (Å²) in [6.45, 7) is 2.46. The van der Waals surface area contributed by atoms with Crippen LogP contribution in [0.3, 0.4) is 0 Å². The largest absolute Gasteiger partial charge is 0.315 e. The maximum atomic E-state index is 3.55. The molecule has 0 aliphatic heterocycles. The summed E-state index contributed by atoms with van der Waals surface area (Å²) in [4.78, 5) is 2.73. The summed E-state index contributed by atoms with van der Waals surface area (Å²) in [6.07, 6.45) is 11.3. The minimum atomic E-state index is 0.725. The summed E-state index contributed by atoms with van der Waals surface area (Å²) in [6, 6.07) is 2.34. The highest BCUT2D eigenvalue weighted by molar-refractivity contribution is 4.91. The van der Waals surface area contributed by atoms with E-state index in [1.165, 1.54) is 51.4 Å². The van der Waals surface area contributed by atoms with Crippen molar-refractivity contribution in [2.24, 2.45) is 5.92 Å². The highest BCUT2D eigenvalue weighted by Crippen LogP contribution is 2.32. The van der Waals surface area contributed by atoms with Gasteiger partial charge in [0.15, 0.2) is 0 Å². The molecule has 0 amide bonds. The van der Waals surface area contributed by atoms with Crippen molar-refractivity contribution in [3.8, 4) is 0 Å². The lowest BCUT2D eigenvalue weighted by atomic mass is 9.82. The Morgan fingerprint density at radius 2 is 1.47 bits per heavy atom. The van der Waals surface area contributed by atoms with Crippen LogP contribution in [0, 0.1) is 5.92 Å². The van der Waals surface area contributed by atoms with Crippen LogP contribution in [-0.2, 0) is 0 Å². The third-order valence-corrected chi connectivity index (χ3v) is 5.21. The van der Waals surface area contributed by atoms with Gasteiger partial charge in [-0.3, -0.25) is 4.90 Å². The summed E-state index contributed by atoms with van der Waals surface area (Å²) in [5, 5.41) is 3.55. The maximum Gasteiger partial charge on any atom is 0.0249 e. The first-order chi connectivity index (χ1) is 8.24. The van der Waals surface area contributed by atoms with Gasteiger partial charge in [-0.15, -0.1) is 0 Å². The van der Waals surface area contributed by atoms with E-state index in [-0.39, 0.29) is 0 Å². The van der Waals surface area contributed by atoms with E-state index >= 15 is 0 Å². The lowest BCUT2D eigenvalue weighted by Crippen LogP contribution is -2.54. The molecular weight excluding hydrogens is 208 g/mol. The molecule has 17 heavy (non-hydrogen) atoms. The van der Waals surface area contributed by atoms with Gasteiger partial charge in [-0.1, -0.05) is 32.6 Å². The van der Waals surface area contributed by atoms with E-state index in [0.29, 0.717) is 0 Å². The van der Waals surface area contributed by atoms with Gasteiger partial charge in [0.2, 0.25) is 0 Å². The molecule has 0 radical (unpaired) electrons. The van der Waals surface area contributed by atoms with Crippen LogP contribution in [0.2, 0.25) is 0 Å². The second-order valence-electron chi connectivity index (χ2n) is 6.24. The van der Waals surface area contributed by atoms with Gasteiger partial charge in [-0.05, 0) is 45.7 Å². The molecule has 0 aromatic heterocycles. The van der Waals surface area contributed by atoms with E-state index < -0.39 is 0 Å². The predicted molar refractivity (Wildman–Crippen MR) is 74.3 cm³/mol. The van der Waals surface area contributed by atoms with Crippen molar-refractivity contribution in [1.82, 2.24) is 10.2 Å². The Bertz CT molecular complexity index is 229. The van der Waals surface area contributed by atoms with E-state index in [1.54, 1.807) is 0 Å². The van der Waals surface area contributed by atoms with E-state index in [1.807, 2.05) is 0 Å². The van der Waals surface area contributed by atoms with Crippen molar-refractivity contribution in [2.75, 3.05) is 14.1 Å². The molecule has 2 aliphatic rings. The zero-order valence-corrected chi connectivity index (χ0v) is 11.9. The summed E-state index contributed by atoms with van der Waals surface area (Å²) in [7, 11) is 4.52. The van der Waals surface area contributed by atoms with E-state index in [9.17, 15) is 0 Å². The molecule has 0 spiro atoms. The van der Waals surface area contributed by atoms with E-state index in [0.717, 1.165) is 24.0 Å². The van der Waals surface area contributed by atoms with Gasteiger partial charge in [0.25, 0.3) is 0 Å². The summed E-state index contributed by atoms with van der Waals surface area (Å²) in [5.74, 6) is 0.896. The maximum absolute atomic E-state index is 3.55. The zero-order valence-electron chi connectivity index (χ0n) is 11.9. The van der Waals surface area contributed by atoms with Gasteiger partial charge in [0, 0.05) is 18.1 Å². The minimum absolute atomic E-state index is 0.725. The first-order valence-corrected chi connectivity index (χ1v) is 7.63. The minimum Gasteiger partial charge on any atom is -0.315 e. The van der Waals surface area contributed by atoms with Crippen LogP contribution < -0.4 is 5.32 Å². The van der Waals surface area contributed by atoms with Gasteiger partial charge in [-0.25, -0.2) is 0 Å². The number of likely N-dealkylation sites (N-methyl/N-ethyl adjacent to an activating group) is 2. The van der Waals surface area contributed by atoms with Crippen LogP contribution >= 0.6 is 0 Å². The molecule has 2 nitrogen and oxygen atoms in total. The highest BCUT2D eigenvalue weighted by atomic mass is 15.2. The number of hydrogen-bond donors (Lipinski definition) is 1. The molecule has 2 saturated carbocycles. The highest BCUT2D eigenvalue weighted by Gasteiger charge is 2.33. The van der Waals surface area contributed by atoms with E-state index in [4.69, 9.17) is 0 Å². The second-order valence-corrected chi connectivity index (χ2v) is 6.24. The molecule has 2 fully saturated rings. The molecule has 0 bridgehead atoms. The van der Waals surface area contributed by atoms with Crippen LogP contribution in [0.4, 0.5) is 0 Å². The molecule has 2 aliphatic carbocycles. The van der Waals surface area contributed by atoms with Crippen LogP contribution in [-0.4, -0.2) is 37.1 Å². The number of rotatable bonds is 3. The fourth-order valence-corrected chi connectivity index (χ4v) is 4.08. The Hall–Kier alpha value is -0.0800. The topological polar surface area (TPSA) is 15.3 Å². The monoisotopic (exact) mass is 238 g/mol. The molecular formula is C15H30N2. The average Bonchev–Trinajstić information content (AvgIpc) is 2.38. The first kappa shape index (κ1) is 13.4. The van der Waals surface area contributed by atoms with Crippen LogP contribution in [0.1, 0.15) is 58.3 Å². The lowest BCUT2D eigenvalue weighted by Gasteiger charge is -2.45. The Labute approximate surface area is 107 Å². The van der Waals surface area contributed by atoms with Gasteiger partial charge in [0.05, 0.1) is 0 Å². The second kappa shape index (κ2) is 6.19. The quantitative estimate of drug-likeness (QED) is 0.813. The van der Waals surface area contributed by atoms with Gasteiger partial charge in [0.1, 0.15) is 0 Å². The number of nitrogens with zero attached hydrogens (tertiary/aromatic N) is 1. The fourth-order valence-electron chi connectivity index (χ4n) is 4.08. The third kappa shape index (κ3) is 3.03. The average molecular weight is 238 g/mol. The van der Waals surface area contributed by atoms with Gasteiger partial charge >= 0.3 is 0 Å². The Kier molecular flexibility index (Phi) is 4.87. The van der Waals surface area contributed by atoms with Gasteiger partial charge < -0.3 is 5.32 Å². The standard InChI is InChI=1S/C15H30N2/c1-12-8-4-6-10-14(12)17(3)15-11-7-5-9-13(15)16-2/h12-16H,4-11H2,1-3H3. The molecule has 100 valence electrons. The SMILES string of the molecule is CNC1CCCCC1N(C)C1CCCCC1C. The van der Waals surface area contributed by atoms with Crippen LogP contribution in [0.5, 0.6) is 0 Å². The molecule has 0 aromatic rings. The predicted octanol–water partition coefficient (Wildman–Crippen LogP) is 3.03. The number of hydrogen-bond acceptors (Lipinski definition) is 2. The molecule has 4 atom stereocenters. The van der Waals surface area contributed by atoms with Gasteiger partial charge in [-0.2, -0.15) is 0 Å².